The van der Waals surface area contributed by atoms with Crippen molar-refractivity contribution in [3.63, 3.8) is 0 Å². The summed E-state index contributed by atoms with van der Waals surface area (Å²) in [6.45, 7) is 7.15. The Kier molecular flexibility index (Phi) is 4.37. The number of aryl methyl sites for hydroxylation is 1. The van der Waals surface area contributed by atoms with Crippen LogP contribution in [0.3, 0.4) is 0 Å². The summed E-state index contributed by atoms with van der Waals surface area (Å²) < 4.78 is 7.98. The van der Waals surface area contributed by atoms with Crippen molar-refractivity contribution in [2.24, 2.45) is 10.7 Å². The summed E-state index contributed by atoms with van der Waals surface area (Å²) in [5, 5.41) is 0. The van der Waals surface area contributed by atoms with E-state index >= 15 is 0 Å². The summed E-state index contributed by atoms with van der Waals surface area (Å²) in [7, 11) is 0. The number of morpholine rings is 1. The van der Waals surface area contributed by atoms with Crippen LogP contribution in [0, 0.1) is 0 Å². The number of hydrogen-bond acceptors (Lipinski definition) is 3. The number of fused-ring (bicyclic) bond motifs is 1. The molecule has 2 heterocycles. The molecule has 2 N–H and O–H groups in total. The largest absolute Gasteiger partial charge is 0.375 e. The van der Waals surface area contributed by atoms with Crippen molar-refractivity contribution >= 4 is 17.0 Å². The van der Waals surface area contributed by atoms with E-state index in [9.17, 15) is 0 Å². The van der Waals surface area contributed by atoms with Crippen LogP contribution in [0.4, 0.5) is 0 Å². The molecule has 0 amide bonds. The van der Waals surface area contributed by atoms with Gasteiger partial charge in [-0.3, -0.25) is 0 Å². The van der Waals surface area contributed by atoms with Crippen molar-refractivity contribution in [1.29, 1.82) is 0 Å². The van der Waals surface area contributed by atoms with Gasteiger partial charge in [0.1, 0.15) is 5.82 Å². The molecular formula is C19H27N5O. The molecule has 1 atom stereocenters. The fourth-order valence-corrected chi connectivity index (χ4v) is 3.58. The zero-order valence-electron chi connectivity index (χ0n) is 15.1. The Balaban J connectivity index is 1.53. The van der Waals surface area contributed by atoms with Crippen LogP contribution >= 0.6 is 0 Å². The molecule has 2 aromatic rings. The highest BCUT2D eigenvalue weighted by Crippen LogP contribution is 2.38. The number of hydrogen-bond donors (Lipinski definition) is 1. The molecule has 1 aliphatic heterocycles. The van der Waals surface area contributed by atoms with Crippen LogP contribution in [0.5, 0.6) is 0 Å². The molecule has 1 saturated carbocycles. The third-order valence-electron chi connectivity index (χ3n) is 5.04. The van der Waals surface area contributed by atoms with Gasteiger partial charge in [0.2, 0.25) is 0 Å². The average molecular weight is 341 g/mol. The van der Waals surface area contributed by atoms with E-state index in [-0.39, 0.29) is 6.10 Å². The lowest BCUT2D eigenvalue weighted by Gasteiger charge is -2.31. The van der Waals surface area contributed by atoms with Gasteiger partial charge >= 0.3 is 0 Å². The molecule has 6 nitrogen and oxygen atoms in total. The van der Waals surface area contributed by atoms with E-state index in [0.29, 0.717) is 25.2 Å². The van der Waals surface area contributed by atoms with Crippen molar-refractivity contribution in [2.75, 3.05) is 19.7 Å². The highest BCUT2D eigenvalue weighted by atomic mass is 16.5. The number of aromatic nitrogens is 2. The van der Waals surface area contributed by atoms with Gasteiger partial charge in [-0.1, -0.05) is 13.0 Å². The molecule has 1 aliphatic carbocycles. The number of imidazole rings is 1. The van der Waals surface area contributed by atoms with E-state index < -0.39 is 0 Å². The minimum Gasteiger partial charge on any atom is -0.375 e. The summed E-state index contributed by atoms with van der Waals surface area (Å²) in [5.74, 6) is 1.80. The average Bonchev–Trinajstić information content (AvgIpc) is 3.39. The van der Waals surface area contributed by atoms with E-state index in [1.807, 2.05) is 0 Å². The van der Waals surface area contributed by atoms with E-state index in [4.69, 9.17) is 15.5 Å². The maximum atomic E-state index is 6.17. The predicted molar refractivity (Wildman–Crippen MR) is 99.7 cm³/mol. The molecule has 2 fully saturated rings. The molecule has 0 spiro atoms. The highest BCUT2D eigenvalue weighted by molar-refractivity contribution is 5.79. The first kappa shape index (κ1) is 16.4. The minimum atomic E-state index is 0.206. The van der Waals surface area contributed by atoms with Gasteiger partial charge in [-0.15, -0.1) is 0 Å². The summed E-state index contributed by atoms with van der Waals surface area (Å²) in [6.07, 6.45) is 3.73. The van der Waals surface area contributed by atoms with E-state index in [0.717, 1.165) is 30.6 Å². The van der Waals surface area contributed by atoms with Gasteiger partial charge < -0.3 is 19.9 Å². The SMILES string of the molecule is CCc1nc2cc(CN=C(N)N3CCOC(C)C3)ccc2n1C1CC1. The Labute approximate surface area is 148 Å². The molecule has 1 unspecified atom stereocenters. The fraction of sp³-hybridized carbons (Fsp3) is 0.579. The van der Waals surface area contributed by atoms with Crippen LogP contribution in [-0.4, -0.2) is 46.2 Å². The number of ether oxygens (including phenoxy) is 1. The summed E-state index contributed by atoms with van der Waals surface area (Å²) in [5.41, 5.74) is 9.65. The Hall–Kier alpha value is -2.08. The van der Waals surface area contributed by atoms with E-state index in [1.165, 1.54) is 24.2 Å². The monoisotopic (exact) mass is 341 g/mol. The maximum Gasteiger partial charge on any atom is 0.191 e. The van der Waals surface area contributed by atoms with E-state index in [1.54, 1.807) is 0 Å². The quantitative estimate of drug-likeness (QED) is 0.685. The molecule has 4 rings (SSSR count). The number of benzene rings is 1. The molecule has 0 radical (unpaired) electrons. The van der Waals surface area contributed by atoms with Crippen LogP contribution in [0.2, 0.25) is 0 Å². The zero-order valence-corrected chi connectivity index (χ0v) is 15.1. The molecule has 1 aromatic heterocycles. The van der Waals surface area contributed by atoms with Gasteiger partial charge in [0.25, 0.3) is 0 Å². The van der Waals surface area contributed by atoms with Crippen molar-refractivity contribution < 1.29 is 4.74 Å². The Morgan fingerprint density at radius 1 is 1.40 bits per heavy atom. The number of guanidine groups is 1. The van der Waals surface area contributed by atoms with Crippen molar-refractivity contribution in [3.8, 4) is 0 Å². The summed E-state index contributed by atoms with van der Waals surface area (Å²) >= 11 is 0. The van der Waals surface area contributed by atoms with Crippen LogP contribution in [0.1, 0.15) is 44.1 Å². The van der Waals surface area contributed by atoms with Gasteiger partial charge in [-0.25, -0.2) is 9.98 Å². The van der Waals surface area contributed by atoms with Crippen LogP contribution in [0.25, 0.3) is 11.0 Å². The Morgan fingerprint density at radius 2 is 2.24 bits per heavy atom. The number of nitrogens with two attached hydrogens (primary N) is 1. The Bertz CT molecular complexity index is 792. The van der Waals surface area contributed by atoms with Gasteiger partial charge in [0.15, 0.2) is 5.96 Å². The normalized spacial score (nSPS) is 21.9. The zero-order chi connectivity index (χ0) is 17.4. The summed E-state index contributed by atoms with van der Waals surface area (Å²) in [4.78, 5) is 11.5. The third kappa shape index (κ3) is 3.35. The standard InChI is InChI=1S/C19H27N5O/c1-3-18-22-16-10-14(4-7-17(16)24(18)15-5-6-15)11-21-19(20)23-8-9-25-13(2)12-23/h4,7,10,13,15H,3,5-6,8-9,11-12H2,1-2H3,(H2,20,21). The smallest absolute Gasteiger partial charge is 0.191 e. The first-order valence-corrected chi connectivity index (χ1v) is 9.32. The topological polar surface area (TPSA) is 68.7 Å². The molecule has 0 bridgehead atoms. The van der Waals surface area contributed by atoms with Crippen molar-refractivity contribution in [3.05, 3.63) is 29.6 Å². The van der Waals surface area contributed by atoms with Crippen LogP contribution in [0.15, 0.2) is 23.2 Å². The number of aliphatic imine (C=N–C) groups is 1. The molecule has 6 heteroatoms. The van der Waals surface area contributed by atoms with E-state index in [2.05, 4.69) is 46.5 Å². The van der Waals surface area contributed by atoms with Gasteiger partial charge in [-0.2, -0.15) is 0 Å². The second-order valence-corrected chi connectivity index (χ2v) is 7.11. The molecule has 2 aliphatic rings. The second kappa shape index (κ2) is 6.67. The Morgan fingerprint density at radius 3 is 2.96 bits per heavy atom. The van der Waals surface area contributed by atoms with Crippen molar-refractivity contribution in [1.82, 2.24) is 14.5 Å². The number of rotatable bonds is 4. The first-order chi connectivity index (χ1) is 12.2. The lowest BCUT2D eigenvalue weighted by atomic mass is 10.2. The van der Waals surface area contributed by atoms with Gasteiger partial charge in [0.05, 0.1) is 30.3 Å². The first-order valence-electron chi connectivity index (χ1n) is 9.32. The van der Waals surface area contributed by atoms with Gasteiger partial charge in [0, 0.05) is 25.6 Å². The number of nitrogens with zero attached hydrogens (tertiary/aromatic N) is 4. The van der Waals surface area contributed by atoms with Crippen molar-refractivity contribution in [2.45, 2.75) is 51.8 Å². The molecule has 1 aromatic carbocycles. The minimum absolute atomic E-state index is 0.206. The molecule has 25 heavy (non-hydrogen) atoms. The summed E-state index contributed by atoms with van der Waals surface area (Å²) in [6, 6.07) is 7.16. The second-order valence-electron chi connectivity index (χ2n) is 7.11. The van der Waals surface area contributed by atoms with Gasteiger partial charge in [-0.05, 0) is 37.5 Å². The molecular weight excluding hydrogens is 314 g/mol. The third-order valence-corrected chi connectivity index (χ3v) is 5.04. The highest BCUT2D eigenvalue weighted by Gasteiger charge is 2.27. The van der Waals surface area contributed by atoms with Crippen LogP contribution < -0.4 is 5.73 Å². The fourth-order valence-electron chi connectivity index (χ4n) is 3.58. The molecule has 1 saturated heterocycles. The predicted octanol–water partition coefficient (Wildman–Crippen LogP) is 2.47. The van der Waals surface area contributed by atoms with Crippen LogP contribution in [-0.2, 0) is 17.7 Å². The molecule has 134 valence electrons. The lowest BCUT2D eigenvalue weighted by Crippen LogP contribution is -2.47. The lowest BCUT2D eigenvalue weighted by molar-refractivity contribution is 0.00529. The maximum absolute atomic E-state index is 6.17.